The first kappa shape index (κ1) is 17.3. The molecule has 0 radical (unpaired) electrons. The first-order chi connectivity index (χ1) is 11.4. The van der Waals surface area contributed by atoms with Crippen molar-refractivity contribution in [2.75, 3.05) is 19.5 Å². The minimum atomic E-state index is -0.470. The highest BCUT2D eigenvalue weighted by molar-refractivity contribution is 5.90. The molecule has 2 aromatic carbocycles. The van der Waals surface area contributed by atoms with Crippen molar-refractivity contribution in [3.05, 3.63) is 42.0 Å². The molecule has 24 heavy (non-hydrogen) atoms. The van der Waals surface area contributed by atoms with Crippen molar-refractivity contribution in [3.63, 3.8) is 0 Å². The smallest absolute Gasteiger partial charge is 0.319 e. The molecular formula is C17H20N2O5. The predicted molar refractivity (Wildman–Crippen MR) is 89.9 cm³/mol. The molecule has 4 N–H and O–H groups in total. The number of hydrogen-bond donors (Lipinski definition) is 4. The van der Waals surface area contributed by atoms with Crippen LogP contribution in [0.25, 0.3) is 0 Å². The van der Waals surface area contributed by atoms with E-state index in [9.17, 15) is 15.0 Å². The molecule has 1 atom stereocenters. The van der Waals surface area contributed by atoms with Crippen molar-refractivity contribution in [1.29, 1.82) is 0 Å². The lowest BCUT2D eigenvalue weighted by molar-refractivity contribution is 0.249. The molecule has 0 aliphatic carbocycles. The summed E-state index contributed by atoms with van der Waals surface area (Å²) in [5.41, 5.74) is 1.12. The van der Waals surface area contributed by atoms with E-state index in [2.05, 4.69) is 10.6 Å². The van der Waals surface area contributed by atoms with Gasteiger partial charge >= 0.3 is 6.03 Å². The van der Waals surface area contributed by atoms with E-state index >= 15 is 0 Å². The third kappa shape index (κ3) is 4.22. The molecule has 7 nitrogen and oxygen atoms in total. The van der Waals surface area contributed by atoms with E-state index in [0.717, 1.165) is 5.56 Å². The molecule has 1 unspecified atom stereocenters. The fourth-order valence-electron chi connectivity index (χ4n) is 2.24. The number of amides is 2. The number of nitrogens with one attached hydrogen (secondary N) is 2. The zero-order valence-corrected chi connectivity index (χ0v) is 13.7. The summed E-state index contributed by atoms with van der Waals surface area (Å²) in [6, 6.07) is 8.45. The number of phenolic OH excluding ortho intramolecular Hbond substituents is 2. The third-order valence-electron chi connectivity index (χ3n) is 3.42. The van der Waals surface area contributed by atoms with E-state index in [0.29, 0.717) is 11.5 Å². The average Bonchev–Trinajstić information content (AvgIpc) is 2.52. The van der Waals surface area contributed by atoms with Crippen LogP contribution in [0.15, 0.2) is 36.4 Å². The summed E-state index contributed by atoms with van der Waals surface area (Å²) in [5.74, 6) is 0.895. The van der Waals surface area contributed by atoms with Gasteiger partial charge in [0.15, 0.2) is 11.5 Å². The van der Waals surface area contributed by atoms with Crippen LogP contribution in [0.3, 0.4) is 0 Å². The summed E-state index contributed by atoms with van der Waals surface area (Å²) in [5, 5.41) is 24.1. The van der Waals surface area contributed by atoms with Crippen molar-refractivity contribution in [3.8, 4) is 23.0 Å². The molecule has 0 fully saturated rings. The number of aromatic hydroxyl groups is 2. The van der Waals surface area contributed by atoms with Crippen LogP contribution in [0.4, 0.5) is 10.5 Å². The summed E-state index contributed by atoms with van der Waals surface area (Å²) < 4.78 is 10.4. The Bertz CT molecular complexity index is 713. The summed E-state index contributed by atoms with van der Waals surface area (Å²) in [4.78, 5) is 12.1. The van der Waals surface area contributed by atoms with Crippen LogP contribution in [0, 0.1) is 0 Å². The van der Waals surface area contributed by atoms with Gasteiger partial charge in [-0.1, -0.05) is 6.07 Å². The number of hydrogen-bond acceptors (Lipinski definition) is 5. The van der Waals surface area contributed by atoms with E-state index < -0.39 is 6.03 Å². The SMILES string of the molecule is COc1ccc(C(C)NC(=O)Nc2cc(O)cc(O)c2)cc1OC. The zero-order valence-electron chi connectivity index (χ0n) is 13.7. The molecule has 128 valence electrons. The summed E-state index contributed by atoms with van der Waals surface area (Å²) in [7, 11) is 3.10. The van der Waals surface area contributed by atoms with E-state index in [4.69, 9.17) is 9.47 Å². The number of anilines is 1. The lowest BCUT2D eigenvalue weighted by Gasteiger charge is -2.17. The Morgan fingerprint density at radius 2 is 1.62 bits per heavy atom. The highest BCUT2D eigenvalue weighted by Crippen LogP contribution is 2.30. The Kier molecular flexibility index (Phi) is 5.36. The minimum Gasteiger partial charge on any atom is -0.508 e. The summed E-state index contributed by atoms with van der Waals surface area (Å²) >= 11 is 0. The monoisotopic (exact) mass is 332 g/mol. The van der Waals surface area contributed by atoms with E-state index in [1.807, 2.05) is 13.0 Å². The third-order valence-corrected chi connectivity index (χ3v) is 3.42. The maximum atomic E-state index is 12.1. The predicted octanol–water partition coefficient (Wildman–Crippen LogP) is 3.00. The second-order valence-electron chi connectivity index (χ2n) is 5.17. The van der Waals surface area contributed by atoms with E-state index in [-0.39, 0.29) is 23.2 Å². The first-order valence-corrected chi connectivity index (χ1v) is 7.25. The maximum absolute atomic E-state index is 12.1. The molecule has 0 heterocycles. The number of ether oxygens (including phenoxy) is 2. The molecule has 0 bridgehead atoms. The topological polar surface area (TPSA) is 100 Å². The Labute approximate surface area is 139 Å². The molecule has 0 saturated carbocycles. The van der Waals surface area contributed by atoms with Crippen molar-refractivity contribution < 1.29 is 24.5 Å². The summed E-state index contributed by atoms with van der Waals surface area (Å²) in [6.07, 6.45) is 0. The quantitative estimate of drug-likeness (QED) is 0.674. The molecular weight excluding hydrogens is 312 g/mol. The van der Waals surface area contributed by atoms with Crippen molar-refractivity contribution in [2.24, 2.45) is 0 Å². The average molecular weight is 332 g/mol. The van der Waals surface area contributed by atoms with Gasteiger partial charge in [0.1, 0.15) is 11.5 Å². The minimum absolute atomic E-state index is 0.141. The van der Waals surface area contributed by atoms with Crippen LogP contribution in [0.5, 0.6) is 23.0 Å². The molecule has 2 aromatic rings. The molecule has 0 spiro atoms. The standard InChI is InChI=1S/C17H20N2O5/c1-10(11-4-5-15(23-2)16(6-11)24-3)18-17(22)19-12-7-13(20)9-14(21)8-12/h4-10,20-21H,1-3H3,(H2,18,19,22). The van der Waals surface area contributed by atoms with Gasteiger partial charge in [-0.05, 0) is 24.6 Å². The molecule has 0 saturated heterocycles. The van der Waals surface area contributed by atoms with Gasteiger partial charge in [-0.25, -0.2) is 4.79 Å². The number of urea groups is 1. The van der Waals surface area contributed by atoms with Crippen molar-refractivity contribution in [2.45, 2.75) is 13.0 Å². The first-order valence-electron chi connectivity index (χ1n) is 7.25. The molecule has 2 amide bonds. The van der Waals surface area contributed by atoms with Crippen LogP contribution >= 0.6 is 0 Å². The number of rotatable bonds is 5. The van der Waals surface area contributed by atoms with Gasteiger partial charge < -0.3 is 30.3 Å². The maximum Gasteiger partial charge on any atom is 0.319 e. The van der Waals surface area contributed by atoms with Gasteiger partial charge in [-0.3, -0.25) is 0 Å². The molecule has 7 heteroatoms. The van der Waals surface area contributed by atoms with Crippen molar-refractivity contribution in [1.82, 2.24) is 5.32 Å². The van der Waals surface area contributed by atoms with E-state index in [1.165, 1.54) is 18.2 Å². The van der Waals surface area contributed by atoms with Gasteiger partial charge in [-0.2, -0.15) is 0 Å². The lowest BCUT2D eigenvalue weighted by atomic mass is 10.1. The van der Waals surface area contributed by atoms with Gasteiger partial charge in [0.2, 0.25) is 0 Å². The fraction of sp³-hybridized carbons (Fsp3) is 0.235. The van der Waals surface area contributed by atoms with Crippen LogP contribution in [-0.2, 0) is 0 Å². The highest BCUT2D eigenvalue weighted by Gasteiger charge is 2.13. The Balaban J connectivity index is 2.05. The number of methoxy groups -OCH3 is 2. The largest absolute Gasteiger partial charge is 0.508 e. The molecule has 0 aliphatic heterocycles. The number of phenols is 2. The molecule has 0 aliphatic rings. The van der Waals surface area contributed by atoms with Crippen LogP contribution < -0.4 is 20.1 Å². The van der Waals surface area contributed by atoms with Crippen molar-refractivity contribution >= 4 is 11.7 Å². The molecule has 0 aromatic heterocycles. The zero-order chi connectivity index (χ0) is 17.7. The van der Waals surface area contributed by atoms with Crippen LogP contribution in [0.1, 0.15) is 18.5 Å². The van der Waals surface area contributed by atoms with Gasteiger partial charge in [0, 0.05) is 23.9 Å². The second kappa shape index (κ2) is 7.45. The number of carbonyl (C=O) groups excluding carboxylic acids is 1. The second-order valence-corrected chi connectivity index (χ2v) is 5.17. The van der Waals surface area contributed by atoms with Gasteiger partial charge in [-0.15, -0.1) is 0 Å². The lowest BCUT2D eigenvalue weighted by Crippen LogP contribution is -2.31. The van der Waals surface area contributed by atoms with Crippen LogP contribution in [-0.4, -0.2) is 30.5 Å². The van der Waals surface area contributed by atoms with Gasteiger partial charge in [0.25, 0.3) is 0 Å². The Morgan fingerprint density at radius 3 is 2.21 bits per heavy atom. The number of carbonyl (C=O) groups is 1. The highest BCUT2D eigenvalue weighted by atomic mass is 16.5. The fourth-order valence-corrected chi connectivity index (χ4v) is 2.24. The normalized spacial score (nSPS) is 11.5. The van der Waals surface area contributed by atoms with Crippen LogP contribution in [0.2, 0.25) is 0 Å². The Hall–Kier alpha value is -3.09. The summed E-state index contributed by atoms with van der Waals surface area (Å²) in [6.45, 7) is 1.82. The van der Waals surface area contributed by atoms with E-state index in [1.54, 1.807) is 26.4 Å². The van der Waals surface area contributed by atoms with Gasteiger partial charge in [0.05, 0.1) is 20.3 Å². The molecule has 2 rings (SSSR count). The Morgan fingerprint density at radius 1 is 1.00 bits per heavy atom. The number of benzene rings is 2.